The van der Waals surface area contributed by atoms with E-state index in [9.17, 15) is 5.11 Å². The lowest BCUT2D eigenvalue weighted by molar-refractivity contribution is 0.475. The van der Waals surface area contributed by atoms with Crippen molar-refractivity contribution in [2.24, 2.45) is 0 Å². The minimum atomic E-state index is 0.118. The number of imidazole rings is 1. The van der Waals surface area contributed by atoms with Gasteiger partial charge in [0.1, 0.15) is 5.75 Å². The fourth-order valence-electron chi connectivity index (χ4n) is 1.54. The molecule has 0 amide bonds. The molecule has 0 saturated carbocycles. The standard InChI is InChI=1S/C12H14ClN3O/c13-11-5-9(1-2-12(11)17)6-14-4-3-10-7-15-8-16-10/h1-2,5,7-8,14,17H,3-4,6H2,(H,15,16). The normalized spacial score (nSPS) is 10.6. The van der Waals surface area contributed by atoms with Gasteiger partial charge in [-0.05, 0) is 17.7 Å². The molecule has 3 N–H and O–H groups in total. The van der Waals surface area contributed by atoms with Gasteiger partial charge < -0.3 is 15.4 Å². The Morgan fingerprint density at radius 1 is 1.41 bits per heavy atom. The average Bonchev–Trinajstić information content (AvgIpc) is 2.82. The number of nitrogens with zero attached hydrogens (tertiary/aromatic N) is 1. The predicted molar refractivity (Wildman–Crippen MR) is 67.1 cm³/mol. The van der Waals surface area contributed by atoms with E-state index in [4.69, 9.17) is 11.6 Å². The number of aromatic nitrogens is 2. The predicted octanol–water partition coefficient (Wildman–Crippen LogP) is 2.10. The highest BCUT2D eigenvalue weighted by molar-refractivity contribution is 6.32. The van der Waals surface area contributed by atoms with Crippen molar-refractivity contribution in [3.63, 3.8) is 0 Å². The summed E-state index contributed by atoms with van der Waals surface area (Å²) >= 11 is 5.82. The molecule has 1 aromatic carbocycles. The molecule has 0 spiro atoms. The highest BCUT2D eigenvalue weighted by atomic mass is 35.5. The topological polar surface area (TPSA) is 60.9 Å². The van der Waals surface area contributed by atoms with Crippen LogP contribution < -0.4 is 5.32 Å². The molecule has 0 aliphatic heterocycles. The van der Waals surface area contributed by atoms with Crippen LogP contribution >= 0.6 is 11.6 Å². The molecule has 0 fully saturated rings. The van der Waals surface area contributed by atoms with Crippen LogP contribution in [0.3, 0.4) is 0 Å². The van der Waals surface area contributed by atoms with Crippen LogP contribution in [0, 0.1) is 0 Å². The number of aromatic hydroxyl groups is 1. The van der Waals surface area contributed by atoms with Crippen molar-refractivity contribution in [3.05, 3.63) is 47.0 Å². The molecule has 0 unspecified atom stereocenters. The zero-order valence-corrected chi connectivity index (χ0v) is 10.0. The fourth-order valence-corrected chi connectivity index (χ4v) is 1.74. The number of nitrogens with one attached hydrogen (secondary N) is 2. The van der Waals surface area contributed by atoms with Gasteiger partial charge in [-0.3, -0.25) is 0 Å². The largest absolute Gasteiger partial charge is 0.506 e. The molecule has 0 atom stereocenters. The summed E-state index contributed by atoms with van der Waals surface area (Å²) in [5.74, 6) is 0.118. The third-order valence-corrected chi connectivity index (χ3v) is 2.77. The van der Waals surface area contributed by atoms with E-state index in [1.165, 1.54) is 0 Å². The first-order chi connectivity index (χ1) is 8.25. The van der Waals surface area contributed by atoms with Crippen LogP contribution in [0.25, 0.3) is 0 Å². The van der Waals surface area contributed by atoms with Crippen LogP contribution in [0.5, 0.6) is 5.75 Å². The van der Waals surface area contributed by atoms with E-state index in [-0.39, 0.29) is 5.75 Å². The van der Waals surface area contributed by atoms with E-state index in [1.54, 1.807) is 18.5 Å². The van der Waals surface area contributed by atoms with Gasteiger partial charge in [-0.2, -0.15) is 0 Å². The van der Waals surface area contributed by atoms with Gasteiger partial charge in [-0.1, -0.05) is 17.7 Å². The summed E-state index contributed by atoms with van der Waals surface area (Å²) in [6.45, 7) is 1.59. The molecule has 0 radical (unpaired) electrons. The van der Waals surface area contributed by atoms with Gasteiger partial charge in [0.25, 0.3) is 0 Å². The Bertz CT molecular complexity index is 471. The van der Waals surface area contributed by atoms with Gasteiger partial charge >= 0.3 is 0 Å². The van der Waals surface area contributed by atoms with Gasteiger partial charge in [0.15, 0.2) is 0 Å². The van der Waals surface area contributed by atoms with Crippen molar-refractivity contribution in [3.8, 4) is 5.75 Å². The van der Waals surface area contributed by atoms with Crippen molar-refractivity contribution in [2.45, 2.75) is 13.0 Å². The number of aromatic amines is 1. The summed E-state index contributed by atoms with van der Waals surface area (Å²) in [5, 5.41) is 13.0. The van der Waals surface area contributed by atoms with Gasteiger partial charge in [-0.25, -0.2) is 4.98 Å². The summed E-state index contributed by atoms with van der Waals surface area (Å²) in [7, 11) is 0. The second-order valence-electron chi connectivity index (χ2n) is 3.79. The zero-order chi connectivity index (χ0) is 12.1. The quantitative estimate of drug-likeness (QED) is 0.714. The molecule has 2 aromatic rings. The average molecular weight is 252 g/mol. The number of halogens is 1. The number of benzene rings is 1. The maximum Gasteiger partial charge on any atom is 0.134 e. The van der Waals surface area contributed by atoms with E-state index in [0.29, 0.717) is 5.02 Å². The van der Waals surface area contributed by atoms with Crippen LogP contribution in [0.2, 0.25) is 5.02 Å². The minimum Gasteiger partial charge on any atom is -0.506 e. The Kier molecular flexibility index (Phi) is 4.01. The number of hydrogen-bond acceptors (Lipinski definition) is 3. The van der Waals surface area contributed by atoms with Crippen molar-refractivity contribution in [1.82, 2.24) is 15.3 Å². The first-order valence-electron chi connectivity index (χ1n) is 5.41. The Hall–Kier alpha value is -1.52. The highest BCUT2D eigenvalue weighted by Crippen LogP contribution is 2.23. The zero-order valence-electron chi connectivity index (χ0n) is 9.28. The monoisotopic (exact) mass is 251 g/mol. The first-order valence-corrected chi connectivity index (χ1v) is 5.79. The summed E-state index contributed by atoms with van der Waals surface area (Å²) < 4.78 is 0. The van der Waals surface area contributed by atoms with Crippen molar-refractivity contribution in [2.75, 3.05) is 6.54 Å². The highest BCUT2D eigenvalue weighted by Gasteiger charge is 2.00. The molecule has 4 nitrogen and oxygen atoms in total. The van der Waals surface area contributed by atoms with Crippen molar-refractivity contribution < 1.29 is 5.11 Å². The SMILES string of the molecule is Oc1ccc(CNCCc2cnc[nH]2)cc1Cl. The van der Waals surface area contributed by atoms with Gasteiger partial charge in [0.2, 0.25) is 0 Å². The molecule has 17 heavy (non-hydrogen) atoms. The number of H-pyrrole nitrogens is 1. The molecule has 5 heteroatoms. The molecule has 0 bridgehead atoms. The van der Waals surface area contributed by atoms with E-state index < -0.39 is 0 Å². The molecule has 2 rings (SSSR count). The second kappa shape index (κ2) is 5.70. The molecule has 1 aromatic heterocycles. The summed E-state index contributed by atoms with van der Waals surface area (Å²) in [6, 6.07) is 5.22. The Morgan fingerprint density at radius 2 is 2.29 bits per heavy atom. The molecule has 0 aliphatic rings. The maximum absolute atomic E-state index is 9.28. The maximum atomic E-state index is 9.28. The van der Waals surface area contributed by atoms with Crippen LogP contribution in [-0.4, -0.2) is 21.6 Å². The van der Waals surface area contributed by atoms with E-state index >= 15 is 0 Å². The van der Waals surface area contributed by atoms with Crippen molar-refractivity contribution in [1.29, 1.82) is 0 Å². The lowest BCUT2D eigenvalue weighted by Gasteiger charge is -2.05. The molecule has 1 heterocycles. The third-order valence-electron chi connectivity index (χ3n) is 2.47. The van der Waals surface area contributed by atoms with Crippen molar-refractivity contribution >= 4 is 11.6 Å². The van der Waals surface area contributed by atoms with Gasteiger partial charge in [-0.15, -0.1) is 0 Å². The van der Waals surface area contributed by atoms with E-state index in [0.717, 1.165) is 30.8 Å². The second-order valence-corrected chi connectivity index (χ2v) is 4.20. The van der Waals surface area contributed by atoms with E-state index in [1.807, 2.05) is 12.3 Å². The Labute approximate surface area is 105 Å². The summed E-state index contributed by atoms with van der Waals surface area (Å²) in [5.41, 5.74) is 2.17. The van der Waals surface area contributed by atoms with Gasteiger partial charge in [0.05, 0.1) is 11.3 Å². The number of phenolic OH excluding ortho intramolecular Hbond substituents is 1. The molecular weight excluding hydrogens is 238 g/mol. The van der Waals surface area contributed by atoms with E-state index in [2.05, 4.69) is 15.3 Å². The van der Waals surface area contributed by atoms with Crippen LogP contribution in [-0.2, 0) is 13.0 Å². The molecule has 0 saturated heterocycles. The van der Waals surface area contributed by atoms with Crippen LogP contribution in [0.4, 0.5) is 0 Å². The first kappa shape index (κ1) is 12.0. The summed E-state index contributed by atoms with van der Waals surface area (Å²) in [6.07, 6.45) is 4.40. The Balaban J connectivity index is 1.76. The lowest BCUT2D eigenvalue weighted by atomic mass is 10.2. The van der Waals surface area contributed by atoms with Crippen LogP contribution in [0.1, 0.15) is 11.3 Å². The fraction of sp³-hybridized carbons (Fsp3) is 0.250. The van der Waals surface area contributed by atoms with Gasteiger partial charge in [0, 0.05) is 31.4 Å². The molecular formula is C12H14ClN3O. The number of hydrogen-bond donors (Lipinski definition) is 3. The molecule has 90 valence electrons. The van der Waals surface area contributed by atoms with Crippen LogP contribution in [0.15, 0.2) is 30.7 Å². The number of rotatable bonds is 5. The Morgan fingerprint density at radius 3 is 3.00 bits per heavy atom. The third kappa shape index (κ3) is 3.47. The smallest absolute Gasteiger partial charge is 0.134 e. The summed E-state index contributed by atoms with van der Waals surface area (Å²) in [4.78, 5) is 7.00. The number of phenols is 1. The lowest BCUT2D eigenvalue weighted by Crippen LogP contribution is -2.16. The molecule has 0 aliphatic carbocycles. The minimum absolute atomic E-state index is 0.118.